The van der Waals surface area contributed by atoms with E-state index in [1.165, 1.54) is 5.56 Å². The van der Waals surface area contributed by atoms with Gasteiger partial charge in [-0.15, -0.1) is 0 Å². The third kappa shape index (κ3) is 4.94. The summed E-state index contributed by atoms with van der Waals surface area (Å²) in [6, 6.07) is 21.3. The van der Waals surface area contributed by atoms with Crippen LogP contribution in [0, 0.1) is 6.92 Å². The van der Waals surface area contributed by atoms with Gasteiger partial charge in [-0.1, -0.05) is 32.0 Å². The van der Waals surface area contributed by atoms with Gasteiger partial charge in [0.1, 0.15) is 11.3 Å². The van der Waals surface area contributed by atoms with E-state index >= 15 is 0 Å². The summed E-state index contributed by atoms with van der Waals surface area (Å²) in [6.07, 6.45) is 1.09. The van der Waals surface area contributed by atoms with Crippen molar-refractivity contribution in [2.45, 2.75) is 33.1 Å². The lowest BCUT2D eigenvalue weighted by atomic mass is 9.99. The number of benzene rings is 3. The van der Waals surface area contributed by atoms with Crippen molar-refractivity contribution in [3.8, 4) is 17.2 Å². The molecule has 3 aromatic carbocycles. The Balaban J connectivity index is 1.34. The number of hydrogen-bond donors (Lipinski definition) is 1. The van der Waals surface area contributed by atoms with Gasteiger partial charge in [0.25, 0.3) is 5.91 Å². The van der Waals surface area contributed by atoms with Crippen LogP contribution < -0.4 is 10.1 Å². The summed E-state index contributed by atoms with van der Waals surface area (Å²) < 4.78 is 11.5. The summed E-state index contributed by atoms with van der Waals surface area (Å²) in [5, 5.41) is 2.85. The quantitative estimate of drug-likeness (QED) is 0.383. The number of rotatable bonds is 7. The standard InChI is InChI=1S/C26H26N2O3/c1-4-18(3)19-8-12-22(13-9-19)30-16-25(29)27-21-10-6-20(7-11-21)26-28-23-14-5-17(2)15-24(23)31-26/h5-15,18H,4,16H2,1-3H3,(H,27,29)/t18-/m0/s1. The summed E-state index contributed by atoms with van der Waals surface area (Å²) in [7, 11) is 0. The Kier molecular flexibility index (Phi) is 6.03. The maximum Gasteiger partial charge on any atom is 0.262 e. The van der Waals surface area contributed by atoms with Crippen LogP contribution in [0.4, 0.5) is 5.69 Å². The van der Waals surface area contributed by atoms with Crippen LogP contribution in [0.1, 0.15) is 37.3 Å². The van der Waals surface area contributed by atoms with Crippen molar-refractivity contribution < 1.29 is 13.9 Å². The monoisotopic (exact) mass is 414 g/mol. The fourth-order valence-corrected chi connectivity index (χ4v) is 3.33. The number of aryl methyl sites for hydroxylation is 1. The molecule has 5 nitrogen and oxygen atoms in total. The smallest absolute Gasteiger partial charge is 0.262 e. The van der Waals surface area contributed by atoms with E-state index < -0.39 is 0 Å². The number of anilines is 1. The Morgan fingerprint density at radius 2 is 1.81 bits per heavy atom. The Hall–Kier alpha value is -3.60. The first kappa shape index (κ1) is 20.7. The van der Waals surface area contributed by atoms with Crippen LogP contribution in [0.15, 0.2) is 71.1 Å². The molecule has 0 aliphatic heterocycles. The van der Waals surface area contributed by atoms with Crippen LogP contribution in [0.3, 0.4) is 0 Å². The van der Waals surface area contributed by atoms with Crippen molar-refractivity contribution in [1.82, 2.24) is 4.98 Å². The number of carbonyl (C=O) groups excluding carboxylic acids is 1. The van der Waals surface area contributed by atoms with Gasteiger partial charge in [-0.3, -0.25) is 4.79 Å². The van der Waals surface area contributed by atoms with Gasteiger partial charge in [-0.2, -0.15) is 0 Å². The van der Waals surface area contributed by atoms with E-state index in [0.29, 0.717) is 23.2 Å². The molecule has 0 aliphatic carbocycles. The molecule has 5 heteroatoms. The predicted molar refractivity (Wildman–Crippen MR) is 123 cm³/mol. The van der Waals surface area contributed by atoms with Crippen LogP contribution in [-0.2, 0) is 4.79 Å². The third-order valence-corrected chi connectivity index (χ3v) is 5.39. The maximum atomic E-state index is 12.2. The lowest BCUT2D eigenvalue weighted by Gasteiger charge is -2.11. The van der Waals surface area contributed by atoms with E-state index in [2.05, 4.69) is 24.1 Å². The molecule has 1 amide bonds. The van der Waals surface area contributed by atoms with Crippen molar-refractivity contribution in [2.75, 3.05) is 11.9 Å². The van der Waals surface area contributed by atoms with Gasteiger partial charge in [0.15, 0.2) is 12.2 Å². The Morgan fingerprint density at radius 3 is 2.52 bits per heavy atom. The van der Waals surface area contributed by atoms with Gasteiger partial charge in [-0.05, 0) is 78.9 Å². The largest absolute Gasteiger partial charge is 0.484 e. The zero-order chi connectivity index (χ0) is 21.8. The van der Waals surface area contributed by atoms with Gasteiger partial charge in [-0.25, -0.2) is 4.98 Å². The Bertz CT molecular complexity index is 1180. The minimum atomic E-state index is -0.212. The number of ether oxygens (including phenoxy) is 1. The maximum absolute atomic E-state index is 12.2. The normalized spacial score (nSPS) is 12.0. The zero-order valence-electron chi connectivity index (χ0n) is 18.0. The van der Waals surface area contributed by atoms with E-state index in [1.54, 1.807) is 0 Å². The molecule has 0 saturated heterocycles. The van der Waals surface area contributed by atoms with Gasteiger partial charge < -0.3 is 14.5 Å². The lowest BCUT2D eigenvalue weighted by molar-refractivity contribution is -0.118. The van der Waals surface area contributed by atoms with Crippen molar-refractivity contribution in [2.24, 2.45) is 0 Å². The molecule has 4 rings (SSSR count). The third-order valence-electron chi connectivity index (χ3n) is 5.39. The van der Waals surface area contributed by atoms with Crippen LogP contribution >= 0.6 is 0 Å². The minimum absolute atomic E-state index is 0.0467. The lowest BCUT2D eigenvalue weighted by Crippen LogP contribution is -2.20. The van der Waals surface area contributed by atoms with Crippen molar-refractivity contribution in [3.63, 3.8) is 0 Å². The number of aromatic nitrogens is 1. The molecule has 1 atom stereocenters. The number of oxazole rings is 1. The molecule has 0 radical (unpaired) electrons. The van der Waals surface area contributed by atoms with E-state index in [9.17, 15) is 4.79 Å². The summed E-state index contributed by atoms with van der Waals surface area (Å²) in [6.45, 7) is 6.33. The number of nitrogens with zero attached hydrogens (tertiary/aromatic N) is 1. The Morgan fingerprint density at radius 1 is 1.06 bits per heavy atom. The molecule has 4 aromatic rings. The first-order valence-corrected chi connectivity index (χ1v) is 10.5. The number of nitrogens with one attached hydrogen (secondary N) is 1. The number of carbonyl (C=O) groups is 1. The molecule has 1 N–H and O–H groups in total. The van der Waals surface area contributed by atoms with E-state index in [-0.39, 0.29) is 12.5 Å². The van der Waals surface area contributed by atoms with Crippen molar-refractivity contribution in [1.29, 1.82) is 0 Å². The molecule has 0 spiro atoms. The summed E-state index contributed by atoms with van der Waals surface area (Å²) >= 11 is 0. The topological polar surface area (TPSA) is 64.4 Å². The highest BCUT2D eigenvalue weighted by atomic mass is 16.5. The van der Waals surface area contributed by atoms with Crippen LogP contribution in [0.5, 0.6) is 5.75 Å². The summed E-state index contributed by atoms with van der Waals surface area (Å²) in [4.78, 5) is 16.8. The van der Waals surface area contributed by atoms with Crippen LogP contribution in [-0.4, -0.2) is 17.5 Å². The van der Waals surface area contributed by atoms with E-state index in [4.69, 9.17) is 9.15 Å². The molecule has 1 heterocycles. The molecule has 0 saturated carbocycles. The molecular weight excluding hydrogens is 388 g/mol. The molecule has 158 valence electrons. The molecule has 0 unspecified atom stereocenters. The average molecular weight is 415 g/mol. The highest BCUT2D eigenvalue weighted by Crippen LogP contribution is 2.26. The first-order chi connectivity index (χ1) is 15.0. The SMILES string of the molecule is CC[C@H](C)c1ccc(OCC(=O)Nc2ccc(-c3nc4ccc(C)cc4o3)cc2)cc1. The highest BCUT2D eigenvalue weighted by Gasteiger charge is 2.10. The van der Waals surface area contributed by atoms with Gasteiger partial charge in [0.05, 0.1) is 0 Å². The van der Waals surface area contributed by atoms with Crippen molar-refractivity contribution >= 4 is 22.7 Å². The number of amides is 1. The molecule has 31 heavy (non-hydrogen) atoms. The van der Waals surface area contributed by atoms with Gasteiger partial charge in [0.2, 0.25) is 5.89 Å². The Labute approximate surface area is 182 Å². The molecular formula is C26H26N2O3. The molecule has 1 aromatic heterocycles. The second-order valence-electron chi connectivity index (χ2n) is 7.78. The van der Waals surface area contributed by atoms with E-state index in [0.717, 1.165) is 28.6 Å². The van der Waals surface area contributed by atoms with Crippen LogP contribution in [0.25, 0.3) is 22.6 Å². The molecule has 0 aliphatic rings. The fraction of sp³-hybridized carbons (Fsp3) is 0.231. The average Bonchev–Trinajstić information content (AvgIpc) is 3.21. The first-order valence-electron chi connectivity index (χ1n) is 10.5. The second-order valence-corrected chi connectivity index (χ2v) is 7.78. The zero-order valence-corrected chi connectivity index (χ0v) is 18.0. The number of hydrogen-bond acceptors (Lipinski definition) is 4. The molecule has 0 fully saturated rings. The van der Waals surface area contributed by atoms with E-state index in [1.807, 2.05) is 73.7 Å². The number of fused-ring (bicyclic) bond motifs is 1. The predicted octanol–water partition coefficient (Wildman–Crippen LogP) is 6.33. The van der Waals surface area contributed by atoms with Gasteiger partial charge >= 0.3 is 0 Å². The summed E-state index contributed by atoms with van der Waals surface area (Å²) in [5.41, 5.74) is 5.53. The van der Waals surface area contributed by atoms with Crippen molar-refractivity contribution in [3.05, 3.63) is 77.9 Å². The van der Waals surface area contributed by atoms with Gasteiger partial charge in [0, 0.05) is 11.3 Å². The summed E-state index contributed by atoms with van der Waals surface area (Å²) in [5.74, 6) is 1.54. The second kappa shape index (κ2) is 9.04. The molecule has 0 bridgehead atoms. The minimum Gasteiger partial charge on any atom is -0.484 e. The highest BCUT2D eigenvalue weighted by molar-refractivity contribution is 5.92. The fourth-order valence-electron chi connectivity index (χ4n) is 3.33. The van der Waals surface area contributed by atoms with Crippen LogP contribution in [0.2, 0.25) is 0 Å².